The Morgan fingerprint density at radius 2 is 1.73 bits per heavy atom. The highest BCUT2D eigenvalue weighted by molar-refractivity contribution is 6.21. The molecule has 1 aliphatic carbocycles. The van der Waals surface area contributed by atoms with E-state index in [1.165, 1.54) is 0 Å². The Morgan fingerprint density at radius 3 is 2.53 bits per heavy atom. The SMILES string of the molecule is Cc1cc2c(cn1)C(=O)c1ccccc1-2. The zero-order valence-corrected chi connectivity index (χ0v) is 8.32. The molecule has 15 heavy (non-hydrogen) atoms. The molecule has 1 aromatic heterocycles. The molecule has 0 bridgehead atoms. The summed E-state index contributed by atoms with van der Waals surface area (Å²) in [5, 5.41) is 0. The van der Waals surface area contributed by atoms with Gasteiger partial charge in [-0.3, -0.25) is 9.78 Å². The molecule has 0 spiro atoms. The Bertz CT molecular complexity index is 572. The van der Waals surface area contributed by atoms with Gasteiger partial charge in [0.2, 0.25) is 0 Å². The van der Waals surface area contributed by atoms with Crippen molar-refractivity contribution in [3.63, 3.8) is 0 Å². The van der Waals surface area contributed by atoms with Crippen LogP contribution in [0.25, 0.3) is 11.1 Å². The average molecular weight is 195 g/mol. The van der Waals surface area contributed by atoms with Crippen LogP contribution in [-0.4, -0.2) is 10.8 Å². The lowest BCUT2D eigenvalue weighted by molar-refractivity contribution is 0.104. The number of nitrogens with zero attached hydrogens (tertiary/aromatic N) is 1. The summed E-state index contributed by atoms with van der Waals surface area (Å²) in [4.78, 5) is 16.1. The quantitative estimate of drug-likeness (QED) is 0.552. The number of aromatic nitrogens is 1. The average Bonchev–Trinajstić information content (AvgIpc) is 2.54. The molecule has 3 rings (SSSR count). The van der Waals surface area contributed by atoms with Crippen LogP contribution in [0.2, 0.25) is 0 Å². The number of rotatable bonds is 0. The van der Waals surface area contributed by atoms with Crippen molar-refractivity contribution in [2.45, 2.75) is 6.92 Å². The minimum absolute atomic E-state index is 0.0908. The first kappa shape index (κ1) is 8.36. The molecule has 2 heteroatoms. The van der Waals surface area contributed by atoms with Gasteiger partial charge >= 0.3 is 0 Å². The van der Waals surface area contributed by atoms with E-state index < -0.39 is 0 Å². The zero-order valence-electron chi connectivity index (χ0n) is 8.32. The van der Waals surface area contributed by atoms with Gasteiger partial charge in [0.25, 0.3) is 0 Å². The van der Waals surface area contributed by atoms with E-state index in [1.54, 1.807) is 6.20 Å². The molecule has 0 unspecified atom stereocenters. The van der Waals surface area contributed by atoms with Crippen LogP contribution < -0.4 is 0 Å². The van der Waals surface area contributed by atoms with Crippen LogP contribution in [0.3, 0.4) is 0 Å². The lowest BCUT2D eigenvalue weighted by Crippen LogP contribution is -1.95. The molecule has 0 aliphatic heterocycles. The number of ketones is 1. The largest absolute Gasteiger partial charge is 0.289 e. The third kappa shape index (κ3) is 1.05. The fraction of sp³-hybridized carbons (Fsp3) is 0.0769. The summed E-state index contributed by atoms with van der Waals surface area (Å²) in [7, 11) is 0. The van der Waals surface area contributed by atoms with Crippen molar-refractivity contribution < 1.29 is 4.79 Å². The van der Waals surface area contributed by atoms with Crippen LogP contribution in [0.1, 0.15) is 21.6 Å². The molecule has 1 aliphatic rings. The van der Waals surface area contributed by atoms with Gasteiger partial charge in [-0.1, -0.05) is 24.3 Å². The van der Waals surface area contributed by atoms with Crippen molar-refractivity contribution in [1.29, 1.82) is 0 Å². The molecular formula is C13H9NO. The second-order valence-corrected chi connectivity index (χ2v) is 3.75. The van der Waals surface area contributed by atoms with Crippen LogP contribution in [0.15, 0.2) is 36.5 Å². The van der Waals surface area contributed by atoms with E-state index in [9.17, 15) is 4.79 Å². The lowest BCUT2D eigenvalue weighted by Gasteiger charge is -1.99. The highest BCUT2D eigenvalue weighted by Crippen LogP contribution is 2.35. The maximum atomic E-state index is 12.0. The van der Waals surface area contributed by atoms with Crippen molar-refractivity contribution >= 4 is 5.78 Å². The summed E-state index contributed by atoms with van der Waals surface area (Å²) < 4.78 is 0. The first-order chi connectivity index (χ1) is 7.27. The number of benzene rings is 1. The number of pyridine rings is 1. The third-order valence-electron chi connectivity index (χ3n) is 2.75. The number of carbonyl (C=O) groups is 1. The van der Waals surface area contributed by atoms with Crippen molar-refractivity contribution in [1.82, 2.24) is 4.98 Å². The van der Waals surface area contributed by atoms with Gasteiger partial charge in [0.15, 0.2) is 5.78 Å². The second kappa shape index (κ2) is 2.76. The summed E-state index contributed by atoms with van der Waals surface area (Å²) >= 11 is 0. The third-order valence-corrected chi connectivity index (χ3v) is 2.75. The molecule has 2 nitrogen and oxygen atoms in total. The van der Waals surface area contributed by atoms with Gasteiger partial charge in [0.1, 0.15) is 0 Å². The standard InChI is InChI=1S/C13H9NO/c1-8-6-11-9-4-2-3-5-10(9)13(15)12(11)7-14-8/h2-7H,1H3. The van der Waals surface area contributed by atoms with E-state index in [0.29, 0.717) is 0 Å². The van der Waals surface area contributed by atoms with Crippen LogP contribution in [0.4, 0.5) is 0 Å². The van der Waals surface area contributed by atoms with Crippen molar-refractivity contribution in [3.05, 3.63) is 53.3 Å². The predicted molar refractivity (Wildman–Crippen MR) is 57.8 cm³/mol. The van der Waals surface area contributed by atoms with Crippen LogP contribution in [0.5, 0.6) is 0 Å². The molecule has 2 aromatic rings. The number of fused-ring (bicyclic) bond motifs is 3. The predicted octanol–water partition coefficient (Wildman–Crippen LogP) is 2.60. The zero-order chi connectivity index (χ0) is 10.4. The Morgan fingerprint density at radius 1 is 1.00 bits per heavy atom. The Kier molecular flexibility index (Phi) is 1.54. The summed E-state index contributed by atoms with van der Waals surface area (Å²) in [6.45, 7) is 1.94. The molecule has 0 atom stereocenters. The second-order valence-electron chi connectivity index (χ2n) is 3.75. The van der Waals surface area contributed by atoms with E-state index >= 15 is 0 Å². The normalized spacial score (nSPS) is 12.5. The lowest BCUT2D eigenvalue weighted by atomic mass is 10.1. The Hall–Kier alpha value is -1.96. The molecule has 0 amide bonds. The van der Waals surface area contributed by atoms with E-state index in [0.717, 1.165) is 27.9 Å². The Labute approximate surface area is 87.6 Å². The number of hydrogen-bond donors (Lipinski definition) is 0. The molecule has 0 saturated heterocycles. The van der Waals surface area contributed by atoms with Crippen molar-refractivity contribution in [2.75, 3.05) is 0 Å². The smallest absolute Gasteiger partial charge is 0.195 e. The van der Waals surface area contributed by atoms with E-state index in [2.05, 4.69) is 4.98 Å². The van der Waals surface area contributed by atoms with E-state index in [1.807, 2.05) is 37.3 Å². The summed E-state index contributed by atoms with van der Waals surface area (Å²) in [6, 6.07) is 9.67. The maximum absolute atomic E-state index is 12.0. The van der Waals surface area contributed by atoms with E-state index in [-0.39, 0.29) is 5.78 Å². The van der Waals surface area contributed by atoms with Crippen molar-refractivity contribution in [3.8, 4) is 11.1 Å². The maximum Gasteiger partial charge on any atom is 0.195 e. The summed E-state index contributed by atoms with van der Waals surface area (Å²) in [5.74, 6) is 0.0908. The van der Waals surface area contributed by atoms with Gasteiger partial charge in [0, 0.05) is 23.0 Å². The van der Waals surface area contributed by atoms with Gasteiger partial charge in [-0.25, -0.2) is 0 Å². The van der Waals surface area contributed by atoms with Crippen molar-refractivity contribution in [2.24, 2.45) is 0 Å². The van der Waals surface area contributed by atoms with Gasteiger partial charge < -0.3 is 0 Å². The van der Waals surface area contributed by atoms with Gasteiger partial charge in [-0.15, -0.1) is 0 Å². The van der Waals surface area contributed by atoms with Crippen LogP contribution >= 0.6 is 0 Å². The molecular weight excluding hydrogens is 186 g/mol. The highest BCUT2D eigenvalue weighted by atomic mass is 16.1. The minimum atomic E-state index is 0.0908. The minimum Gasteiger partial charge on any atom is -0.289 e. The monoisotopic (exact) mass is 195 g/mol. The van der Waals surface area contributed by atoms with Gasteiger partial charge in [-0.05, 0) is 24.1 Å². The molecule has 1 aromatic carbocycles. The van der Waals surface area contributed by atoms with E-state index in [4.69, 9.17) is 0 Å². The topological polar surface area (TPSA) is 30.0 Å². The molecule has 0 radical (unpaired) electrons. The van der Waals surface area contributed by atoms with Gasteiger partial charge in [-0.2, -0.15) is 0 Å². The summed E-state index contributed by atoms with van der Waals surface area (Å²) in [6.07, 6.45) is 1.67. The highest BCUT2D eigenvalue weighted by Gasteiger charge is 2.26. The molecule has 0 fully saturated rings. The summed E-state index contributed by atoms with van der Waals surface area (Å²) in [5.41, 5.74) is 4.51. The van der Waals surface area contributed by atoms with Gasteiger partial charge in [0.05, 0.1) is 0 Å². The molecule has 72 valence electrons. The number of aryl methyl sites for hydroxylation is 1. The fourth-order valence-electron chi connectivity index (χ4n) is 2.02. The first-order valence-corrected chi connectivity index (χ1v) is 4.88. The number of carbonyl (C=O) groups excluding carboxylic acids is 1. The molecule has 0 saturated carbocycles. The first-order valence-electron chi connectivity index (χ1n) is 4.88. The van der Waals surface area contributed by atoms with Crippen LogP contribution in [-0.2, 0) is 0 Å². The molecule has 1 heterocycles. The number of hydrogen-bond acceptors (Lipinski definition) is 2. The molecule has 0 N–H and O–H groups in total. The van der Waals surface area contributed by atoms with Crippen LogP contribution in [0, 0.1) is 6.92 Å². The Balaban J connectivity index is 2.39. The fourth-order valence-corrected chi connectivity index (χ4v) is 2.02.